The Morgan fingerprint density at radius 2 is 1.85 bits per heavy atom. The lowest BCUT2D eigenvalue weighted by molar-refractivity contribution is 0.208. The Morgan fingerprint density at radius 3 is 2.58 bits per heavy atom. The predicted molar refractivity (Wildman–Crippen MR) is 108 cm³/mol. The molecule has 26 heavy (non-hydrogen) atoms. The fourth-order valence-corrected chi connectivity index (χ4v) is 4.30. The lowest BCUT2D eigenvalue weighted by Crippen LogP contribution is -2.50. The molecule has 3 aromatic rings. The monoisotopic (exact) mass is 366 g/mol. The van der Waals surface area contributed by atoms with Gasteiger partial charge in [0, 0.05) is 31.9 Å². The third-order valence-corrected chi connectivity index (χ3v) is 5.82. The Balaban J connectivity index is 1.41. The van der Waals surface area contributed by atoms with E-state index >= 15 is 0 Å². The van der Waals surface area contributed by atoms with Gasteiger partial charge in [-0.05, 0) is 30.2 Å². The highest BCUT2D eigenvalue weighted by Gasteiger charge is 2.23. The molecule has 2 amide bonds. The van der Waals surface area contributed by atoms with Crippen LogP contribution in [0.1, 0.15) is 12.5 Å². The fraction of sp³-hybridized carbons (Fsp3) is 0.300. The van der Waals surface area contributed by atoms with Crippen LogP contribution in [-0.4, -0.2) is 42.1 Å². The first kappa shape index (κ1) is 16.8. The van der Waals surface area contributed by atoms with Gasteiger partial charge in [0.25, 0.3) is 0 Å². The van der Waals surface area contributed by atoms with Gasteiger partial charge in [0.1, 0.15) is 0 Å². The number of piperazine rings is 1. The van der Waals surface area contributed by atoms with Crippen LogP contribution >= 0.6 is 11.3 Å². The number of thiazole rings is 1. The number of carbonyl (C=O) groups excluding carboxylic acids is 1. The smallest absolute Gasteiger partial charge is 0.321 e. The van der Waals surface area contributed by atoms with E-state index < -0.39 is 0 Å². The van der Waals surface area contributed by atoms with Crippen molar-refractivity contribution in [2.24, 2.45) is 0 Å². The van der Waals surface area contributed by atoms with E-state index in [1.165, 1.54) is 10.3 Å². The van der Waals surface area contributed by atoms with Gasteiger partial charge in [-0.2, -0.15) is 0 Å². The first-order chi connectivity index (χ1) is 12.7. The molecule has 0 spiro atoms. The maximum absolute atomic E-state index is 12.4. The minimum atomic E-state index is -0.0339. The molecule has 0 saturated carbocycles. The van der Waals surface area contributed by atoms with E-state index in [-0.39, 0.29) is 6.03 Å². The number of nitrogens with zero attached hydrogens (tertiary/aromatic N) is 3. The second kappa shape index (κ2) is 7.33. The zero-order chi connectivity index (χ0) is 17.9. The number of anilines is 2. The van der Waals surface area contributed by atoms with Gasteiger partial charge in [-0.3, -0.25) is 0 Å². The molecule has 0 aliphatic carbocycles. The highest BCUT2D eigenvalue weighted by Crippen LogP contribution is 2.31. The highest BCUT2D eigenvalue weighted by molar-refractivity contribution is 7.22. The second-order valence-electron chi connectivity index (χ2n) is 6.38. The van der Waals surface area contributed by atoms with Crippen molar-refractivity contribution in [2.45, 2.75) is 13.3 Å². The predicted octanol–water partition coefficient (Wildman–Crippen LogP) is 4.21. The number of para-hydroxylation sites is 2. The van der Waals surface area contributed by atoms with Crippen LogP contribution in [0.3, 0.4) is 0 Å². The van der Waals surface area contributed by atoms with Gasteiger partial charge in [0.15, 0.2) is 5.13 Å². The Morgan fingerprint density at radius 1 is 1.08 bits per heavy atom. The Bertz CT molecular complexity index is 901. The lowest BCUT2D eigenvalue weighted by atomic mass is 10.1. The van der Waals surface area contributed by atoms with E-state index in [4.69, 9.17) is 4.98 Å². The number of nitrogens with one attached hydrogen (secondary N) is 1. The number of amides is 2. The van der Waals surface area contributed by atoms with Crippen molar-refractivity contribution >= 4 is 38.4 Å². The quantitative estimate of drug-likeness (QED) is 0.755. The van der Waals surface area contributed by atoms with Crippen molar-refractivity contribution < 1.29 is 4.79 Å². The summed E-state index contributed by atoms with van der Waals surface area (Å²) in [5, 5.41) is 4.02. The third-order valence-electron chi connectivity index (χ3n) is 4.73. The second-order valence-corrected chi connectivity index (χ2v) is 7.39. The topological polar surface area (TPSA) is 48.5 Å². The maximum atomic E-state index is 12.4. The van der Waals surface area contributed by atoms with Crippen molar-refractivity contribution in [3.05, 3.63) is 54.1 Å². The minimum Gasteiger partial charge on any atom is -0.345 e. The summed E-state index contributed by atoms with van der Waals surface area (Å²) in [4.78, 5) is 21.4. The number of rotatable bonds is 3. The molecule has 6 heteroatoms. The number of fused-ring (bicyclic) bond motifs is 1. The SMILES string of the molecule is CCc1cccc2sc(N3CCN(C(=O)Nc4ccccc4)CC3)nc12. The van der Waals surface area contributed by atoms with Crippen LogP contribution in [0.5, 0.6) is 0 Å². The first-order valence-corrected chi connectivity index (χ1v) is 9.80. The minimum absolute atomic E-state index is 0.0339. The van der Waals surface area contributed by atoms with Gasteiger partial charge in [-0.1, -0.05) is 48.6 Å². The summed E-state index contributed by atoms with van der Waals surface area (Å²) in [6, 6.07) is 16.0. The average molecular weight is 366 g/mol. The summed E-state index contributed by atoms with van der Waals surface area (Å²) in [6.07, 6.45) is 0.994. The van der Waals surface area contributed by atoms with E-state index in [0.29, 0.717) is 13.1 Å². The molecule has 2 aromatic carbocycles. The summed E-state index contributed by atoms with van der Waals surface area (Å²) in [5.41, 5.74) is 3.25. The van der Waals surface area contributed by atoms with Crippen LogP contribution < -0.4 is 10.2 Å². The molecule has 5 nitrogen and oxygen atoms in total. The molecule has 0 unspecified atom stereocenters. The van der Waals surface area contributed by atoms with Crippen LogP contribution in [0.25, 0.3) is 10.2 Å². The number of urea groups is 1. The fourth-order valence-electron chi connectivity index (χ4n) is 3.24. The van der Waals surface area contributed by atoms with Gasteiger partial charge in [0.2, 0.25) is 0 Å². The molecule has 1 fully saturated rings. The molecule has 4 rings (SSSR count). The van der Waals surface area contributed by atoms with Crippen LogP contribution in [0.4, 0.5) is 15.6 Å². The van der Waals surface area contributed by atoms with Crippen LogP contribution in [-0.2, 0) is 6.42 Å². The van der Waals surface area contributed by atoms with Crippen LogP contribution in [0.15, 0.2) is 48.5 Å². The lowest BCUT2D eigenvalue weighted by Gasteiger charge is -2.34. The molecular weight excluding hydrogens is 344 g/mol. The van der Waals surface area contributed by atoms with Gasteiger partial charge >= 0.3 is 6.03 Å². The van der Waals surface area contributed by atoms with Crippen LogP contribution in [0.2, 0.25) is 0 Å². The highest BCUT2D eigenvalue weighted by atomic mass is 32.1. The van der Waals surface area contributed by atoms with Gasteiger partial charge in [-0.25, -0.2) is 9.78 Å². The van der Waals surface area contributed by atoms with E-state index in [0.717, 1.165) is 35.8 Å². The van der Waals surface area contributed by atoms with Crippen molar-refractivity contribution in [2.75, 3.05) is 36.4 Å². The molecule has 1 aliphatic rings. The third kappa shape index (κ3) is 3.37. The first-order valence-electron chi connectivity index (χ1n) is 8.99. The Hall–Kier alpha value is -2.60. The summed E-state index contributed by atoms with van der Waals surface area (Å²) in [6.45, 7) is 5.19. The number of aryl methyl sites for hydroxylation is 1. The molecule has 1 N–H and O–H groups in total. The van der Waals surface area contributed by atoms with Crippen molar-refractivity contribution in [1.82, 2.24) is 9.88 Å². The van der Waals surface area contributed by atoms with E-state index in [2.05, 4.69) is 35.3 Å². The standard InChI is InChI=1S/C20H22N4OS/c1-2-15-7-6-10-17-18(15)22-20(26-17)24-13-11-23(12-14-24)19(25)21-16-8-4-3-5-9-16/h3-10H,2,11-14H2,1H3,(H,21,25). The molecule has 2 heterocycles. The Labute approximate surface area is 157 Å². The van der Waals surface area contributed by atoms with E-state index in [1.54, 1.807) is 11.3 Å². The molecule has 0 atom stereocenters. The normalized spacial score (nSPS) is 14.7. The molecule has 1 aromatic heterocycles. The number of benzene rings is 2. The van der Waals surface area contributed by atoms with Gasteiger partial charge in [-0.15, -0.1) is 0 Å². The van der Waals surface area contributed by atoms with E-state index in [1.807, 2.05) is 35.2 Å². The maximum Gasteiger partial charge on any atom is 0.321 e. The van der Waals surface area contributed by atoms with Crippen molar-refractivity contribution in [3.8, 4) is 0 Å². The number of aromatic nitrogens is 1. The zero-order valence-corrected chi connectivity index (χ0v) is 15.6. The van der Waals surface area contributed by atoms with Gasteiger partial charge < -0.3 is 15.1 Å². The molecule has 134 valence electrons. The van der Waals surface area contributed by atoms with Crippen LogP contribution in [0, 0.1) is 0 Å². The molecule has 1 saturated heterocycles. The average Bonchev–Trinajstić information content (AvgIpc) is 3.13. The number of hydrogen-bond donors (Lipinski definition) is 1. The number of hydrogen-bond acceptors (Lipinski definition) is 4. The summed E-state index contributed by atoms with van der Waals surface area (Å²) in [7, 11) is 0. The van der Waals surface area contributed by atoms with Crippen molar-refractivity contribution in [1.29, 1.82) is 0 Å². The zero-order valence-electron chi connectivity index (χ0n) is 14.8. The summed E-state index contributed by atoms with van der Waals surface area (Å²) < 4.78 is 1.24. The molecule has 0 bridgehead atoms. The summed E-state index contributed by atoms with van der Waals surface area (Å²) >= 11 is 1.74. The molecule has 1 aliphatic heterocycles. The molecule has 0 radical (unpaired) electrons. The largest absolute Gasteiger partial charge is 0.345 e. The Kier molecular flexibility index (Phi) is 4.75. The van der Waals surface area contributed by atoms with E-state index in [9.17, 15) is 4.79 Å². The van der Waals surface area contributed by atoms with Gasteiger partial charge in [0.05, 0.1) is 10.2 Å². The van der Waals surface area contributed by atoms with Crippen molar-refractivity contribution in [3.63, 3.8) is 0 Å². The number of carbonyl (C=O) groups is 1. The summed E-state index contributed by atoms with van der Waals surface area (Å²) in [5.74, 6) is 0. The molecular formula is C20H22N4OS.